The summed E-state index contributed by atoms with van der Waals surface area (Å²) in [7, 11) is 0. The van der Waals surface area contributed by atoms with Gasteiger partial charge in [-0.3, -0.25) is 0 Å². The lowest BCUT2D eigenvalue weighted by Crippen LogP contribution is -2.25. The largest absolute Gasteiger partial charge is 0.471 e. The summed E-state index contributed by atoms with van der Waals surface area (Å²) in [5, 5.41) is 10.4. The maximum atomic E-state index is 9.85. The molecule has 1 atom stereocenters. The van der Waals surface area contributed by atoms with Crippen LogP contribution >= 0.6 is 11.6 Å². The number of hydrogen-bond acceptors (Lipinski definition) is 4. The van der Waals surface area contributed by atoms with Crippen molar-refractivity contribution in [3.8, 4) is 17.0 Å². The molecule has 1 fully saturated rings. The zero-order valence-corrected chi connectivity index (χ0v) is 16.6. The molecule has 0 aliphatic carbocycles. The van der Waals surface area contributed by atoms with Crippen LogP contribution in [0.2, 0.25) is 5.02 Å². The standard InChI is InChI=1S/C23H23ClN2O2/c1-16-5-2-3-6-20(16)17-8-9-18(15-27)22(13-17)26-12-10-19(14-26)28-23-21(24)7-4-11-25-23/h2-9,11,13,19,27H,10,12,14-15H2,1H3/t19-/m0/s1. The number of aliphatic hydroxyl groups is 1. The van der Waals surface area contributed by atoms with Crippen LogP contribution in [0.1, 0.15) is 17.5 Å². The van der Waals surface area contributed by atoms with E-state index in [0.29, 0.717) is 10.9 Å². The predicted octanol–water partition coefficient (Wildman–Crippen LogP) is 4.86. The smallest absolute Gasteiger partial charge is 0.232 e. The molecule has 5 heteroatoms. The van der Waals surface area contributed by atoms with Crippen LogP contribution in [0.4, 0.5) is 5.69 Å². The molecule has 28 heavy (non-hydrogen) atoms. The first-order valence-electron chi connectivity index (χ1n) is 9.47. The molecule has 1 aliphatic rings. The number of anilines is 1. The van der Waals surface area contributed by atoms with Crippen molar-refractivity contribution in [2.24, 2.45) is 0 Å². The summed E-state index contributed by atoms with van der Waals surface area (Å²) < 4.78 is 6.02. The minimum atomic E-state index is 0.0114. The molecule has 1 aromatic heterocycles. The van der Waals surface area contributed by atoms with E-state index in [0.717, 1.165) is 36.3 Å². The number of rotatable bonds is 5. The van der Waals surface area contributed by atoms with Crippen LogP contribution in [-0.4, -0.2) is 29.3 Å². The van der Waals surface area contributed by atoms with Crippen LogP contribution < -0.4 is 9.64 Å². The summed E-state index contributed by atoms with van der Waals surface area (Å²) in [6.45, 7) is 3.72. The van der Waals surface area contributed by atoms with E-state index in [9.17, 15) is 5.11 Å². The van der Waals surface area contributed by atoms with Gasteiger partial charge < -0.3 is 14.7 Å². The number of halogens is 1. The second-order valence-electron chi connectivity index (χ2n) is 7.08. The van der Waals surface area contributed by atoms with E-state index in [2.05, 4.69) is 47.1 Å². The van der Waals surface area contributed by atoms with Crippen molar-refractivity contribution in [2.75, 3.05) is 18.0 Å². The Morgan fingerprint density at radius 1 is 1.18 bits per heavy atom. The molecule has 144 valence electrons. The molecule has 1 N–H and O–H groups in total. The van der Waals surface area contributed by atoms with Crippen LogP contribution in [0, 0.1) is 6.92 Å². The molecule has 0 saturated carbocycles. The van der Waals surface area contributed by atoms with E-state index in [-0.39, 0.29) is 12.7 Å². The van der Waals surface area contributed by atoms with E-state index >= 15 is 0 Å². The number of aliphatic hydroxyl groups excluding tert-OH is 1. The maximum Gasteiger partial charge on any atom is 0.232 e. The number of ether oxygens (including phenoxy) is 1. The monoisotopic (exact) mass is 394 g/mol. The predicted molar refractivity (Wildman–Crippen MR) is 113 cm³/mol. The molecule has 0 spiro atoms. The molecular formula is C23H23ClN2O2. The number of nitrogens with zero attached hydrogens (tertiary/aromatic N) is 2. The number of pyridine rings is 1. The van der Waals surface area contributed by atoms with Gasteiger partial charge in [0.05, 0.1) is 13.2 Å². The van der Waals surface area contributed by atoms with E-state index in [4.69, 9.17) is 16.3 Å². The molecule has 0 unspecified atom stereocenters. The Hall–Kier alpha value is -2.56. The maximum absolute atomic E-state index is 9.85. The molecule has 4 nitrogen and oxygen atoms in total. The SMILES string of the molecule is Cc1ccccc1-c1ccc(CO)c(N2CC[C@H](Oc3ncccc3Cl)C2)c1. The highest BCUT2D eigenvalue weighted by Gasteiger charge is 2.27. The number of hydrogen-bond donors (Lipinski definition) is 1. The summed E-state index contributed by atoms with van der Waals surface area (Å²) in [6.07, 6.45) is 2.58. The van der Waals surface area contributed by atoms with Gasteiger partial charge in [0.2, 0.25) is 5.88 Å². The Morgan fingerprint density at radius 3 is 2.82 bits per heavy atom. The zero-order chi connectivity index (χ0) is 19.5. The first kappa shape index (κ1) is 18.8. The van der Waals surface area contributed by atoms with Crippen LogP contribution in [0.25, 0.3) is 11.1 Å². The lowest BCUT2D eigenvalue weighted by molar-refractivity contribution is 0.216. The third kappa shape index (κ3) is 3.84. The lowest BCUT2D eigenvalue weighted by atomic mass is 9.98. The zero-order valence-electron chi connectivity index (χ0n) is 15.8. The fourth-order valence-electron chi connectivity index (χ4n) is 3.72. The van der Waals surface area contributed by atoms with Crippen molar-refractivity contribution in [1.29, 1.82) is 0 Å². The van der Waals surface area contributed by atoms with Gasteiger partial charge in [-0.05, 0) is 41.8 Å². The third-order valence-electron chi connectivity index (χ3n) is 5.20. The molecule has 2 aromatic carbocycles. The molecule has 0 radical (unpaired) electrons. The highest BCUT2D eigenvalue weighted by atomic mass is 35.5. The van der Waals surface area contributed by atoms with Gasteiger partial charge in [0.1, 0.15) is 11.1 Å². The second-order valence-corrected chi connectivity index (χ2v) is 7.49. The molecule has 3 aromatic rings. The molecule has 0 amide bonds. The summed E-state index contributed by atoms with van der Waals surface area (Å²) >= 11 is 6.17. The van der Waals surface area contributed by atoms with E-state index in [1.807, 2.05) is 12.1 Å². The van der Waals surface area contributed by atoms with Crippen LogP contribution in [0.5, 0.6) is 5.88 Å². The summed E-state index contributed by atoms with van der Waals surface area (Å²) in [4.78, 5) is 6.50. The fourth-order valence-corrected chi connectivity index (χ4v) is 3.88. The van der Waals surface area contributed by atoms with Crippen molar-refractivity contribution in [2.45, 2.75) is 26.1 Å². The van der Waals surface area contributed by atoms with Gasteiger partial charge in [0, 0.05) is 30.4 Å². The number of benzene rings is 2. The van der Waals surface area contributed by atoms with Crippen LogP contribution in [0.15, 0.2) is 60.8 Å². The Labute approximate surface area is 170 Å². The van der Waals surface area contributed by atoms with Crippen molar-refractivity contribution in [1.82, 2.24) is 4.98 Å². The Kier molecular flexibility index (Phi) is 5.51. The highest BCUT2D eigenvalue weighted by Crippen LogP contribution is 2.33. The number of aromatic nitrogens is 1. The Morgan fingerprint density at radius 2 is 2.04 bits per heavy atom. The lowest BCUT2D eigenvalue weighted by Gasteiger charge is -2.23. The molecular weight excluding hydrogens is 372 g/mol. The van der Waals surface area contributed by atoms with Gasteiger partial charge in [-0.1, -0.05) is 48.0 Å². The minimum absolute atomic E-state index is 0.0114. The average molecular weight is 395 g/mol. The highest BCUT2D eigenvalue weighted by molar-refractivity contribution is 6.31. The van der Waals surface area contributed by atoms with Gasteiger partial charge in [-0.15, -0.1) is 0 Å². The van der Waals surface area contributed by atoms with E-state index in [1.165, 1.54) is 11.1 Å². The summed E-state index contributed by atoms with van der Waals surface area (Å²) in [5.41, 5.74) is 5.58. The Balaban J connectivity index is 1.58. The fraction of sp³-hybridized carbons (Fsp3) is 0.261. The van der Waals surface area contributed by atoms with Crippen molar-refractivity contribution in [3.05, 3.63) is 76.9 Å². The van der Waals surface area contributed by atoms with Gasteiger partial charge in [-0.2, -0.15) is 0 Å². The average Bonchev–Trinajstić information content (AvgIpc) is 3.18. The number of aryl methyl sites for hydroxylation is 1. The normalized spacial score (nSPS) is 16.4. The van der Waals surface area contributed by atoms with Crippen LogP contribution in [0.3, 0.4) is 0 Å². The molecule has 0 bridgehead atoms. The molecule has 1 saturated heterocycles. The Bertz CT molecular complexity index is 976. The van der Waals surface area contributed by atoms with Gasteiger partial charge in [-0.25, -0.2) is 4.98 Å². The topological polar surface area (TPSA) is 45.6 Å². The summed E-state index contributed by atoms with van der Waals surface area (Å²) in [6, 6.07) is 18.2. The van der Waals surface area contributed by atoms with Gasteiger partial charge >= 0.3 is 0 Å². The van der Waals surface area contributed by atoms with E-state index < -0.39 is 0 Å². The molecule has 4 rings (SSSR count). The minimum Gasteiger partial charge on any atom is -0.471 e. The molecule has 1 aliphatic heterocycles. The van der Waals surface area contributed by atoms with E-state index in [1.54, 1.807) is 18.3 Å². The van der Waals surface area contributed by atoms with Crippen molar-refractivity contribution >= 4 is 17.3 Å². The first-order valence-corrected chi connectivity index (χ1v) is 9.85. The quantitative estimate of drug-likeness (QED) is 0.671. The summed E-state index contributed by atoms with van der Waals surface area (Å²) in [5.74, 6) is 0.479. The van der Waals surface area contributed by atoms with Crippen molar-refractivity contribution < 1.29 is 9.84 Å². The van der Waals surface area contributed by atoms with Gasteiger partial charge in [0.15, 0.2) is 0 Å². The second kappa shape index (κ2) is 8.21. The van der Waals surface area contributed by atoms with Crippen molar-refractivity contribution in [3.63, 3.8) is 0 Å². The van der Waals surface area contributed by atoms with Gasteiger partial charge in [0.25, 0.3) is 0 Å². The first-order chi connectivity index (χ1) is 13.7. The van der Waals surface area contributed by atoms with Crippen LogP contribution in [-0.2, 0) is 6.61 Å². The molecule has 2 heterocycles. The third-order valence-corrected chi connectivity index (χ3v) is 5.49.